The molecule has 1 N–H and O–H groups in total. The average molecular weight is 431 g/mol. The lowest BCUT2D eigenvalue weighted by atomic mass is 10.2. The van der Waals surface area contributed by atoms with Crippen molar-refractivity contribution in [1.29, 1.82) is 0 Å². The van der Waals surface area contributed by atoms with Gasteiger partial charge < -0.3 is 9.47 Å². The highest BCUT2D eigenvalue weighted by Gasteiger charge is 2.16. The molecular formula is C22H23ClN2O3S. The van der Waals surface area contributed by atoms with Crippen molar-refractivity contribution in [3.8, 4) is 11.5 Å². The number of halogens is 1. The Hall–Kier alpha value is -2.57. The summed E-state index contributed by atoms with van der Waals surface area (Å²) in [5.74, 6) is 1.03. The van der Waals surface area contributed by atoms with Crippen LogP contribution in [-0.4, -0.2) is 25.3 Å². The number of nitrogens with one attached hydrogen (secondary N) is 1. The quantitative estimate of drug-likeness (QED) is 0.261. The van der Waals surface area contributed by atoms with E-state index < -0.39 is 0 Å². The molecule has 1 amide bonds. The molecule has 0 fully saturated rings. The maximum Gasteiger partial charge on any atom is 0.283 e. The molecule has 5 nitrogen and oxygen atoms in total. The molecule has 0 bridgehead atoms. The van der Waals surface area contributed by atoms with Crippen molar-refractivity contribution < 1.29 is 14.3 Å². The van der Waals surface area contributed by atoms with Crippen LogP contribution in [0.15, 0.2) is 47.6 Å². The van der Waals surface area contributed by atoms with Gasteiger partial charge in [-0.1, -0.05) is 43.1 Å². The van der Waals surface area contributed by atoms with Crippen LogP contribution in [0.5, 0.6) is 11.5 Å². The lowest BCUT2D eigenvalue weighted by Gasteiger charge is -2.12. The van der Waals surface area contributed by atoms with Gasteiger partial charge in [-0.25, -0.2) is 5.43 Å². The zero-order chi connectivity index (χ0) is 20.6. The van der Waals surface area contributed by atoms with E-state index in [1.807, 2.05) is 49.4 Å². The number of ether oxygens (including phenoxy) is 2. The van der Waals surface area contributed by atoms with Gasteiger partial charge in [-0.3, -0.25) is 4.79 Å². The highest BCUT2D eigenvalue weighted by atomic mass is 35.5. The summed E-state index contributed by atoms with van der Waals surface area (Å²) in [4.78, 5) is 12.9. The van der Waals surface area contributed by atoms with Crippen LogP contribution in [0.2, 0.25) is 5.02 Å². The van der Waals surface area contributed by atoms with Crippen LogP contribution in [0.25, 0.3) is 10.1 Å². The highest BCUT2D eigenvalue weighted by Crippen LogP contribution is 2.35. The molecular weight excluding hydrogens is 408 g/mol. The number of carbonyl (C=O) groups excluding carboxylic acids is 1. The summed E-state index contributed by atoms with van der Waals surface area (Å²) in [7, 11) is 0. The van der Waals surface area contributed by atoms with Gasteiger partial charge in [0.1, 0.15) is 4.88 Å². The van der Waals surface area contributed by atoms with Crippen molar-refractivity contribution in [1.82, 2.24) is 5.43 Å². The molecule has 3 aromatic rings. The first-order valence-corrected chi connectivity index (χ1v) is 10.7. The molecule has 29 heavy (non-hydrogen) atoms. The fourth-order valence-electron chi connectivity index (χ4n) is 2.70. The topological polar surface area (TPSA) is 59.9 Å². The molecule has 0 aliphatic carbocycles. The standard InChI is InChI=1S/C22H23ClN2O3S/c1-3-5-12-28-17-11-10-15(13-18(17)27-4-2)14-24-25-22(26)21-20(23)16-8-6-7-9-19(16)29-21/h6-11,13-14H,3-5,12H2,1-2H3,(H,25,26)/b24-14-. The third-order valence-electron chi connectivity index (χ3n) is 4.14. The minimum atomic E-state index is -0.336. The Morgan fingerprint density at radius 1 is 1.17 bits per heavy atom. The molecule has 0 atom stereocenters. The predicted octanol–water partition coefficient (Wildman–Crippen LogP) is 5.90. The summed E-state index contributed by atoms with van der Waals surface area (Å²) >= 11 is 7.68. The van der Waals surface area contributed by atoms with Gasteiger partial charge in [0.15, 0.2) is 11.5 Å². The van der Waals surface area contributed by atoms with E-state index in [1.54, 1.807) is 6.21 Å². The molecule has 0 saturated carbocycles. The summed E-state index contributed by atoms with van der Waals surface area (Å²) in [5, 5.41) is 5.38. The largest absolute Gasteiger partial charge is 0.490 e. The molecule has 0 aliphatic heterocycles. The van der Waals surface area contributed by atoms with E-state index >= 15 is 0 Å². The number of thiophene rings is 1. The number of hydrogen-bond acceptors (Lipinski definition) is 5. The van der Waals surface area contributed by atoms with Crippen molar-refractivity contribution in [3.63, 3.8) is 0 Å². The van der Waals surface area contributed by atoms with Crippen molar-refractivity contribution in [2.24, 2.45) is 5.10 Å². The second kappa shape index (κ2) is 10.3. The maximum atomic E-state index is 12.5. The summed E-state index contributed by atoms with van der Waals surface area (Å²) in [5.41, 5.74) is 3.33. The normalized spacial score (nSPS) is 11.1. The minimum absolute atomic E-state index is 0.336. The van der Waals surface area contributed by atoms with Gasteiger partial charge in [0.05, 0.1) is 24.5 Å². The summed E-state index contributed by atoms with van der Waals surface area (Å²) in [6.07, 6.45) is 3.62. The first kappa shape index (κ1) is 21.1. The number of carbonyl (C=O) groups is 1. The SMILES string of the molecule is CCCCOc1ccc(/C=N\NC(=O)c2sc3ccccc3c2Cl)cc1OCC. The summed E-state index contributed by atoms with van der Waals surface area (Å²) in [6, 6.07) is 13.2. The van der Waals surface area contributed by atoms with Gasteiger partial charge >= 0.3 is 0 Å². The highest BCUT2D eigenvalue weighted by molar-refractivity contribution is 7.21. The lowest BCUT2D eigenvalue weighted by molar-refractivity contribution is 0.0959. The van der Waals surface area contributed by atoms with Crippen LogP contribution in [0.3, 0.4) is 0 Å². The first-order valence-electron chi connectivity index (χ1n) is 9.54. The van der Waals surface area contributed by atoms with Crippen LogP contribution >= 0.6 is 22.9 Å². The second-order valence-electron chi connectivity index (χ2n) is 6.28. The van der Waals surface area contributed by atoms with Gasteiger partial charge in [0.2, 0.25) is 0 Å². The molecule has 7 heteroatoms. The van der Waals surface area contributed by atoms with E-state index in [0.717, 1.165) is 28.5 Å². The van der Waals surface area contributed by atoms with Gasteiger partial charge in [-0.2, -0.15) is 5.10 Å². The van der Waals surface area contributed by atoms with Crippen LogP contribution in [0.4, 0.5) is 0 Å². The number of benzene rings is 2. The Kier molecular flexibility index (Phi) is 7.49. The van der Waals surface area contributed by atoms with Crippen LogP contribution < -0.4 is 14.9 Å². The Bertz CT molecular complexity index is 1020. The number of hydrazone groups is 1. The third kappa shape index (κ3) is 5.28. The fraction of sp³-hybridized carbons (Fsp3) is 0.273. The molecule has 152 valence electrons. The van der Waals surface area contributed by atoms with E-state index in [1.165, 1.54) is 11.3 Å². The Morgan fingerprint density at radius 3 is 2.76 bits per heavy atom. The molecule has 0 aliphatic rings. The number of rotatable bonds is 9. The molecule has 1 aromatic heterocycles. The molecule has 0 unspecified atom stereocenters. The molecule has 3 rings (SSSR count). The van der Waals surface area contributed by atoms with Crippen molar-refractivity contribution in [2.75, 3.05) is 13.2 Å². The second-order valence-corrected chi connectivity index (χ2v) is 7.71. The van der Waals surface area contributed by atoms with Crippen molar-refractivity contribution in [3.05, 3.63) is 57.9 Å². The van der Waals surface area contributed by atoms with E-state index in [0.29, 0.717) is 34.6 Å². The van der Waals surface area contributed by atoms with Gasteiger partial charge in [-0.05, 0) is 43.2 Å². The predicted molar refractivity (Wildman–Crippen MR) is 120 cm³/mol. The lowest BCUT2D eigenvalue weighted by Crippen LogP contribution is -2.16. The number of fused-ring (bicyclic) bond motifs is 1. The molecule has 1 heterocycles. The average Bonchev–Trinajstić information content (AvgIpc) is 3.07. The minimum Gasteiger partial charge on any atom is -0.490 e. The first-order chi connectivity index (χ1) is 14.1. The van der Waals surface area contributed by atoms with Crippen LogP contribution in [-0.2, 0) is 0 Å². The number of nitrogens with zero attached hydrogens (tertiary/aromatic N) is 1. The van der Waals surface area contributed by atoms with E-state index in [4.69, 9.17) is 21.1 Å². The molecule has 2 aromatic carbocycles. The molecule has 0 spiro atoms. The third-order valence-corrected chi connectivity index (χ3v) is 5.82. The Labute approximate surface area is 179 Å². The fourth-order valence-corrected chi connectivity index (χ4v) is 4.10. The zero-order valence-corrected chi connectivity index (χ0v) is 18.0. The van der Waals surface area contributed by atoms with Crippen LogP contribution in [0.1, 0.15) is 41.9 Å². The number of hydrogen-bond donors (Lipinski definition) is 1. The molecule has 0 saturated heterocycles. The monoisotopic (exact) mass is 430 g/mol. The van der Waals surface area contributed by atoms with Gasteiger partial charge in [-0.15, -0.1) is 11.3 Å². The zero-order valence-electron chi connectivity index (χ0n) is 16.4. The number of amides is 1. The molecule has 0 radical (unpaired) electrons. The van der Waals surface area contributed by atoms with Crippen molar-refractivity contribution in [2.45, 2.75) is 26.7 Å². The van der Waals surface area contributed by atoms with Gasteiger partial charge in [0.25, 0.3) is 5.91 Å². The van der Waals surface area contributed by atoms with Gasteiger partial charge in [0, 0.05) is 10.1 Å². The maximum absolute atomic E-state index is 12.5. The van der Waals surface area contributed by atoms with E-state index in [9.17, 15) is 4.79 Å². The Morgan fingerprint density at radius 2 is 2.00 bits per heavy atom. The van der Waals surface area contributed by atoms with Crippen LogP contribution in [0, 0.1) is 0 Å². The summed E-state index contributed by atoms with van der Waals surface area (Å²) in [6.45, 7) is 5.22. The Balaban J connectivity index is 1.69. The van der Waals surface area contributed by atoms with Crippen molar-refractivity contribution >= 4 is 45.1 Å². The smallest absolute Gasteiger partial charge is 0.283 e. The number of unbranched alkanes of at least 4 members (excludes halogenated alkanes) is 1. The van der Waals surface area contributed by atoms with E-state index in [2.05, 4.69) is 17.5 Å². The summed E-state index contributed by atoms with van der Waals surface area (Å²) < 4.78 is 12.4. The van der Waals surface area contributed by atoms with E-state index in [-0.39, 0.29) is 5.91 Å².